The monoisotopic (exact) mass is 468 g/mol. The third-order valence-corrected chi connectivity index (χ3v) is 9.78. The number of aryl methyl sites for hydroxylation is 4. The molecule has 1 aromatic heterocycles. The second-order valence-electron chi connectivity index (χ2n) is 8.92. The van der Waals surface area contributed by atoms with Gasteiger partial charge in [0.15, 0.2) is 15.0 Å². The molecule has 1 aliphatic rings. The highest BCUT2D eigenvalue weighted by atomic mass is 32.2. The van der Waals surface area contributed by atoms with Gasteiger partial charge in [-0.3, -0.25) is 0 Å². The van der Waals surface area contributed by atoms with Crippen molar-refractivity contribution in [2.24, 2.45) is 0 Å². The highest BCUT2D eigenvalue weighted by Gasteiger charge is 2.34. The van der Waals surface area contributed by atoms with Gasteiger partial charge in [-0.05, 0) is 56.7 Å². The summed E-state index contributed by atoms with van der Waals surface area (Å²) in [5.41, 5.74) is 6.31. The van der Waals surface area contributed by atoms with Crippen LogP contribution in [0.15, 0.2) is 46.7 Å². The fraction of sp³-hybridized carbons (Fsp3) is 0.423. The van der Waals surface area contributed by atoms with Crippen molar-refractivity contribution in [3.63, 3.8) is 0 Å². The predicted molar refractivity (Wildman–Crippen MR) is 135 cm³/mol. The average Bonchev–Trinajstić information content (AvgIpc) is 3.24. The number of sulfone groups is 1. The minimum Gasteiger partial charge on any atom is -0.348 e. The summed E-state index contributed by atoms with van der Waals surface area (Å²) in [5.74, 6) is 0. The summed E-state index contributed by atoms with van der Waals surface area (Å²) in [6.07, 6.45) is 3.52. The summed E-state index contributed by atoms with van der Waals surface area (Å²) >= 11 is 1.64. The van der Waals surface area contributed by atoms with Crippen LogP contribution in [0.4, 0.5) is 5.13 Å². The number of benzene rings is 2. The van der Waals surface area contributed by atoms with Crippen molar-refractivity contribution in [3.8, 4) is 11.3 Å². The second-order valence-corrected chi connectivity index (χ2v) is 11.9. The van der Waals surface area contributed by atoms with Gasteiger partial charge in [0.1, 0.15) is 0 Å². The Morgan fingerprint density at radius 1 is 1.03 bits per heavy atom. The van der Waals surface area contributed by atoms with E-state index in [2.05, 4.69) is 41.5 Å². The quantitative estimate of drug-likeness (QED) is 0.437. The highest BCUT2D eigenvalue weighted by Crippen LogP contribution is 2.33. The smallest absolute Gasteiger partial charge is 0.185 e. The first-order valence-corrected chi connectivity index (χ1v) is 13.8. The number of piperidine rings is 1. The Bertz CT molecular complexity index is 1170. The van der Waals surface area contributed by atoms with E-state index in [1.54, 1.807) is 11.3 Å². The third kappa shape index (κ3) is 4.62. The lowest BCUT2D eigenvalue weighted by atomic mass is 10.1. The molecule has 0 aliphatic carbocycles. The van der Waals surface area contributed by atoms with E-state index in [9.17, 15) is 8.42 Å². The number of hydrogen-bond acceptors (Lipinski definition) is 5. The van der Waals surface area contributed by atoms with Crippen LogP contribution in [0.1, 0.15) is 48.4 Å². The zero-order valence-electron chi connectivity index (χ0n) is 19.4. The van der Waals surface area contributed by atoms with E-state index in [-0.39, 0.29) is 5.25 Å². The first kappa shape index (κ1) is 23.0. The summed E-state index contributed by atoms with van der Waals surface area (Å²) in [6, 6.07) is 12.6. The lowest BCUT2D eigenvalue weighted by Gasteiger charge is -2.32. The number of aromatic nitrogens is 1. The number of nitrogens with zero attached hydrogens (tertiary/aromatic N) is 2. The van der Waals surface area contributed by atoms with Crippen molar-refractivity contribution in [2.45, 2.75) is 63.5 Å². The zero-order chi connectivity index (χ0) is 22.9. The van der Waals surface area contributed by atoms with Gasteiger partial charge in [0.25, 0.3) is 0 Å². The van der Waals surface area contributed by atoms with Crippen molar-refractivity contribution in [2.75, 3.05) is 18.0 Å². The topological polar surface area (TPSA) is 50.3 Å². The number of anilines is 1. The van der Waals surface area contributed by atoms with Gasteiger partial charge in [-0.1, -0.05) is 55.3 Å². The summed E-state index contributed by atoms with van der Waals surface area (Å²) in [5, 5.41) is 2.76. The molecule has 4 rings (SSSR count). The van der Waals surface area contributed by atoms with Gasteiger partial charge in [-0.25, -0.2) is 13.4 Å². The number of rotatable bonds is 6. The molecule has 1 aliphatic heterocycles. The molecule has 170 valence electrons. The SMILES string of the molecule is CCCc1ccc(-c2csc(N3CCC(S(=O)(=O)c4c(C)cc(C)cc4C)CC3)n2)cc1. The molecular formula is C26H32N2O2S2. The molecule has 0 radical (unpaired) electrons. The molecule has 0 spiro atoms. The molecule has 4 nitrogen and oxygen atoms in total. The minimum atomic E-state index is -3.34. The first-order chi connectivity index (χ1) is 15.3. The maximum Gasteiger partial charge on any atom is 0.185 e. The fourth-order valence-electron chi connectivity index (χ4n) is 4.81. The molecule has 0 N–H and O–H groups in total. The lowest BCUT2D eigenvalue weighted by Crippen LogP contribution is -2.39. The van der Waals surface area contributed by atoms with Crippen LogP contribution in [0.3, 0.4) is 0 Å². The van der Waals surface area contributed by atoms with E-state index in [0.29, 0.717) is 17.7 Å². The molecule has 1 saturated heterocycles. The Kier molecular flexibility index (Phi) is 6.72. The van der Waals surface area contributed by atoms with Crippen LogP contribution in [0.5, 0.6) is 0 Å². The van der Waals surface area contributed by atoms with Gasteiger partial charge in [0.2, 0.25) is 0 Å². The van der Waals surface area contributed by atoms with Crippen LogP contribution < -0.4 is 4.90 Å². The third-order valence-electron chi connectivity index (χ3n) is 6.32. The van der Waals surface area contributed by atoms with Gasteiger partial charge in [0.05, 0.1) is 15.8 Å². The van der Waals surface area contributed by atoms with Gasteiger partial charge in [-0.15, -0.1) is 11.3 Å². The normalized spacial score (nSPS) is 15.3. The highest BCUT2D eigenvalue weighted by molar-refractivity contribution is 7.92. The molecule has 0 atom stereocenters. The van der Waals surface area contributed by atoms with E-state index in [1.807, 2.05) is 32.9 Å². The Morgan fingerprint density at radius 2 is 1.66 bits per heavy atom. The number of hydrogen-bond donors (Lipinski definition) is 0. The molecule has 0 saturated carbocycles. The largest absolute Gasteiger partial charge is 0.348 e. The van der Waals surface area contributed by atoms with Gasteiger partial charge >= 0.3 is 0 Å². The summed E-state index contributed by atoms with van der Waals surface area (Å²) in [7, 11) is -3.34. The van der Waals surface area contributed by atoms with Crippen molar-refractivity contribution >= 4 is 26.3 Å². The molecule has 1 fully saturated rings. The zero-order valence-corrected chi connectivity index (χ0v) is 21.0. The first-order valence-electron chi connectivity index (χ1n) is 11.4. The molecule has 0 unspecified atom stereocenters. The Morgan fingerprint density at radius 3 is 2.25 bits per heavy atom. The van der Waals surface area contributed by atoms with E-state index in [4.69, 9.17) is 4.98 Å². The molecule has 0 bridgehead atoms. The average molecular weight is 469 g/mol. The van der Waals surface area contributed by atoms with Crippen LogP contribution in [0.25, 0.3) is 11.3 Å². The molecule has 6 heteroatoms. The predicted octanol–water partition coefficient (Wildman–Crippen LogP) is 6.13. The molecular weight excluding hydrogens is 436 g/mol. The fourth-order valence-corrected chi connectivity index (χ4v) is 7.88. The van der Waals surface area contributed by atoms with E-state index >= 15 is 0 Å². The van der Waals surface area contributed by atoms with Crippen LogP contribution in [0, 0.1) is 20.8 Å². The Labute approximate surface area is 196 Å². The van der Waals surface area contributed by atoms with Gasteiger partial charge < -0.3 is 4.90 Å². The van der Waals surface area contributed by atoms with E-state index in [1.165, 1.54) is 5.56 Å². The standard InChI is InChI=1S/C26H32N2O2S2/c1-5-6-21-7-9-22(10-8-21)24-17-31-26(27-24)28-13-11-23(12-14-28)32(29,30)25-19(3)15-18(2)16-20(25)4/h7-10,15-17,23H,5-6,11-14H2,1-4H3. The van der Waals surface area contributed by atoms with Gasteiger partial charge in [0, 0.05) is 24.0 Å². The number of thiazole rings is 1. The summed E-state index contributed by atoms with van der Waals surface area (Å²) in [4.78, 5) is 7.63. The van der Waals surface area contributed by atoms with Crippen LogP contribution in [-0.4, -0.2) is 31.7 Å². The van der Waals surface area contributed by atoms with E-state index in [0.717, 1.165) is 59.0 Å². The van der Waals surface area contributed by atoms with Crippen LogP contribution in [-0.2, 0) is 16.3 Å². The van der Waals surface area contributed by atoms with Crippen molar-refractivity contribution in [1.29, 1.82) is 0 Å². The molecule has 32 heavy (non-hydrogen) atoms. The molecule has 3 aromatic rings. The second kappa shape index (κ2) is 9.36. The summed E-state index contributed by atoms with van der Waals surface area (Å²) in [6.45, 7) is 9.46. The maximum atomic E-state index is 13.4. The van der Waals surface area contributed by atoms with Crippen molar-refractivity contribution in [3.05, 3.63) is 64.0 Å². The minimum absolute atomic E-state index is 0.329. The Balaban J connectivity index is 1.45. The Hall–Kier alpha value is -2.18. The van der Waals surface area contributed by atoms with Crippen molar-refractivity contribution in [1.82, 2.24) is 4.98 Å². The van der Waals surface area contributed by atoms with E-state index < -0.39 is 9.84 Å². The molecule has 2 heterocycles. The maximum absolute atomic E-state index is 13.4. The summed E-state index contributed by atoms with van der Waals surface area (Å²) < 4.78 is 26.8. The van der Waals surface area contributed by atoms with Crippen molar-refractivity contribution < 1.29 is 8.42 Å². The molecule has 0 amide bonds. The van der Waals surface area contributed by atoms with Crippen LogP contribution >= 0.6 is 11.3 Å². The molecule has 2 aromatic carbocycles. The van der Waals surface area contributed by atoms with Gasteiger partial charge in [-0.2, -0.15) is 0 Å². The lowest BCUT2D eigenvalue weighted by molar-refractivity contribution is 0.528. The van der Waals surface area contributed by atoms with Crippen LogP contribution in [0.2, 0.25) is 0 Å².